The third kappa shape index (κ3) is 2.98. The molecule has 1 aromatic carbocycles. The van der Waals surface area contributed by atoms with Crippen molar-refractivity contribution in [3.05, 3.63) is 45.6 Å². The third-order valence-electron chi connectivity index (χ3n) is 3.49. The lowest BCUT2D eigenvalue weighted by molar-refractivity contribution is -0.136. The smallest absolute Gasteiger partial charge is 0.339 e. The molecule has 0 aliphatic rings. The van der Waals surface area contributed by atoms with Gasteiger partial charge < -0.3 is 5.32 Å². The summed E-state index contributed by atoms with van der Waals surface area (Å²) in [6.45, 7) is 3.80. The Balaban J connectivity index is 2.17. The van der Waals surface area contributed by atoms with Crippen LogP contribution >= 0.6 is 22.9 Å². The quantitative estimate of drug-likeness (QED) is 0.596. The van der Waals surface area contributed by atoms with Crippen LogP contribution in [0.3, 0.4) is 0 Å². The maximum atomic E-state index is 13.1. The Morgan fingerprint density at radius 1 is 1.13 bits per heavy atom. The van der Waals surface area contributed by atoms with Crippen molar-refractivity contribution in [2.75, 3.05) is 5.32 Å². The van der Waals surface area contributed by atoms with Crippen LogP contribution in [0.1, 0.15) is 16.0 Å². The van der Waals surface area contributed by atoms with Gasteiger partial charge in [-0.2, -0.15) is 18.2 Å². The van der Waals surface area contributed by atoms with Crippen LogP contribution in [-0.2, 0) is 6.18 Å². The lowest BCUT2D eigenvalue weighted by Gasteiger charge is -2.14. The van der Waals surface area contributed by atoms with Crippen LogP contribution in [0.2, 0.25) is 5.28 Å². The summed E-state index contributed by atoms with van der Waals surface area (Å²) in [5, 5.41) is 3.45. The van der Waals surface area contributed by atoms with Crippen LogP contribution in [0.4, 0.5) is 24.7 Å². The molecule has 1 N–H and O–H groups in total. The van der Waals surface area contributed by atoms with E-state index in [1.165, 1.54) is 29.5 Å². The highest BCUT2D eigenvalue weighted by Gasteiger charge is 2.33. The first-order valence-electron chi connectivity index (χ1n) is 6.64. The van der Waals surface area contributed by atoms with Gasteiger partial charge in [-0.1, -0.05) is 12.1 Å². The van der Waals surface area contributed by atoms with Gasteiger partial charge in [-0.05, 0) is 43.1 Å². The van der Waals surface area contributed by atoms with Crippen LogP contribution in [0, 0.1) is 13.8 Å². The molecule has 120 valence electrons. The maximum Gasteiger partial charge on any atom is 0.418 e. The molecular formula is C15H11ClF3N3S. The average molecular weight is 358 g/mol. The van der Waals surface area contributed by atoms with E-state index in [1.54, 1.807) is 0 Å². The van der Waals surface area contributed by atoms with Gasteiger partial charge in [0.25, 0.3) is 0 Å². The highest BCUT2D eigenvalue weighted by atomic mass is 35.5. The van der Waals surface area contributed by atoms with Crippen molar-refractivity contribution >= 4 is 44.7 Å². The van der Waals surface area contributed by atoms with Crippen molar-refractivity contribution < 1.29 is 13.2 Å². The van der Waals surface area contributed by atoms with Crippen LogP contribution in [-0.4, -0.2) is 9.97 Å². The molecule has 2 heterocycles. The second-order valence-electron chi connectivity index (χ2n) is 4.97. The Morgan fingerprint density at radius 2 is 1.83 bits per heavy atom. The molecule has 0 aliphatic carbocycles. The number of anilines is 2. The van der Waals surface area contributed by atoms with Crippen LogP contribution in [0.5, 0.6) is 0 Å². The molecule has 3 rings (SSSR count). The Hall–Kier alpha value is -1.86. The van der Waals surface area contributed by atoms with Gasteiger partial charge in [-0.25, -0.2) is 4.98 Å². The van der Waals surface area contributed by atoms with Crippen LogP contribution < -0.4 is 5.32 Å². The summed E-state index contributed by atoms with van der Waals surface area (Å²) < 4.78 is 39.4. The fraction of sp³-hybridized carbons (Fsp3) is 0.200. The predicted molar refractivity (Wildman–Crippen MR) is 86.6 cm³/mol. The van der Waals surface area contributed by atoms with Crippen molar-refractivity contribution in [3.63, 3.8) is 0 Å². The van der Waals surface area contributed by atoms with Gasteiger partial charge in [-0.15, -0.1) is 11.3 Å². The summed E-state index contributed by atoms with van der Waals surface area (Å²) in [6, 6.07) is 5.26. The van der Waals surface area contributed by atoms with Gasteiger partial charge in [0.2, 0.25) is 5.28 Å². The van der Waals surface area contributed by atoms with Crippen molar-refractivity contribution in [3.8, 4) is 0 Å². The molecule has 0 radical (unpaired) electrons. The first-order valence-corrected chi connectivity index (χ1v) is 7.83. The monoisotopic (exact) mass is 357 g/mol. The number of halogens is 4. The number of rotatable bonds is 2. The zero-order valence-corrected chi connectivity index (χ0v) is 13.7. The number of aryl methyl sites for hydroxylation is 2. The van der Waals surface area contributed by atoms with E-state index in [-0.39, 0.29) is 16.8 Å². The number of nitrogens with one attached hydrogen (secondary N) is 1. The van der Waals surface area contributed by atoms with Gasteiger partial charge in [0.05, 0.1) is 16.6 Å². The lowest BCUT2D eigenvalue weighted by atomic mass is 10.1. The predicted octanol–water partition coefficient (Wildman–Crippen LogP) is 5.72. The minimum Gasteiger partial charge on any atom is -0.339 e. The normalized spacial score (nSPS) is 11.9. The third-order valence-corrected chi connectivity index (χ3v) is 4.76. The number of para-hydroxylation sites is 1. The highest BCUT2D eigenvalue weighted by molar-refractivity contribution is 7.18. The van der Waals surface area contributed by atoms with Crippen molar-refractivity contribution in [2.45, 2.75) is 20.0 Å². The molecule has 3 nitrogen and oxygen atoms in total. The maximum absolute atomic E-state index is 13.1. The number of aromatic nitrogens is 2. The van der Waals surface area contributed by atoms with Crippen LogP contribution in [0.25, 0.3) is 10.2 Å². The van der Waals surface area contributed by atoms with E-state index in [1.807, 2.05) is 13.8 Å². The second kappa shape index (κ2) is 5.65. The molecule has 2 aromatic heterocycles. The van der Waals surface area contributed by atoms with E-state index in [9.17, 15) is 13.2 Å². The van der Waals surface area contributed by atoms with E-state index in [2.05, 4.69) is 15.3 Å². The van der Waals surface area contributed by atoms with Gasteiger partial charge >= 0.3 is 6.18 Å². The fourth-order valence-corrected chi connectivity index (χ4v) is 3.53. The molecule has 0 saturated carbocycles. The summed E-state index contributed by atoms with van der Waals surface area (Å²) in [6.07, 6.45) is -4.46. The van der Waals surface area contributed by atoms with Gasteiger partial charge in [0, 0.05) is 4.88 Å². The summed E-state index contributed by atoms with van der Waals surface area (Å²) >= 11 is 7.33. The zero-order valence-electron chi connectivity index (χ0n) is 12.1. The van der Waals surface area contributed by atoms with Gasteiger partial charge in [-0.3, -0.25) is 0 Å². The topological polar surface area (TPSA) is 37.8 Å². The van der Waals surface area contributed by atoms with Gasteiger partial charge in [0.1, 0.15) is 10.6 Å². The Morgan fingerprint density at radius 3 is 2.52 bits per heavy atom. The molecule has 8 heteroatoms. The highest BCUT2D eigenvalue weighted by Crippen LogP contribution is 2.39. The van der Waals surface area contributed by atoms with E-state index in [0.29, 0.717) is 10.2 Å². The van der Waals surface area contributed by atoms with Crippen molar-refractivity contribution in [1.29, 1.82) is 0 Å². The molecule has 0 spiro atoms. The number of fused-ring (bicyclic) bond motifs is 1. The Labute approximate surface area is 139 Å². The zero-order chi connectivity index (χ0) is 16.8. The molecule has 0 saturated heterocycles. The number of hydrogen-bond acceptors (Lipinski definition) is 4. The number of thiophene rings is 1. The van der Waals surface area contributed by atoms with E-state index in [4.69, 9.17) is 11.6 Å². The number of alkyl halides is 3. The molecule has 0 atom stereocenters. The largest absolute Gasteiger partial charge is 0.418 e. The summed E-state index contributed by atoms with van der Waals surface area (Å²) in [5.74, 6) is 0.276. The molecule has 0 bridgehead atoms. The molecule has 0 fully saturated rings. The molecule has 0 amide bonds. The van der Waals surface area contributed by atoms with Crippen molar-refractivity contribution in [1.82, 2.24) is 9.97 Å². The first-order chi connectivity index (χ1) is 10.8. The average Bonchev–Trinajstić information content (AvgIpc) is 2.73. The SMILES string of the molecule is Cc1sc2nc(Cl)nc(Nc3ccccc3C(F)(F)F)c2c1C. The number of hydrogen-bond donors (Lipinski definition) is 1. The summed E-state index contributed by atoms with van der Waals surface area (Å²) in [7, 11) is 0. The Kier molecular flexibility index (Phi) is 3.93. The number of benzene rings is 1. The van der Waals surface area contributed by atoms with E-state index in [0.717, 1.165) is 16.5 Å². The molecule has 0 aliphatic heterocycles. The molecule has 23 heavy (non-hydrogen) atoms. The lowest BCUT2D eigenvalue weighted by Crippen LogP contribution is -2.09. The van der Waals surface area contributed by atoms with Gasteiger partial charge in [0.15, 0.2) is 0 Å². The second-order valence-corrected chi connectivity index (χ2v) is 6.51. The summed E-state index contributed by atoms with van der Waals surface area (Å²) in [4.78, 5) is 9.88. The standard InChI is InChI=1S/C15H11ClF3N3S/c1-7-8(2)23-13-11(7)12(21-14(16)22-13)20-10-6-4-3-5-9(10)15(17,18)19/h3-6H,1-2H3,(H,20,21,22). The Bertz CT molecular complexity index is 890. The van der Waals surface area contributed by atoms with Crippen LogP contribution in [0.15, 0.2) is 24.3 Å². The molecule has 3 aromatic rings. The number of nitrogens with zero attached hydrogens (tertiary/aromatic N) is 2. The molecule has 0 unspecified atom stereocenters. The van der Waals surface area contributed by atoms with E-state index < -0.39 is 11.7 Å². The first kappa shape index (κ1) is 16.0. The van der Waals surface area contributed by atoms with Crippen molar-refractivity contribution in [2.24, 2.45) is 0 Å². The minimum atomic E-state index is -4.46. The summed E-state index contributed by atoms with van der Waals surface area (Å²) in [5.41, 5.74) is 0.0977. The molecular weight excluding hydrogens is 347 g/mol. The van der Waals surface area contributed by atoms with E-state index >= 15 is 0 Å². The fourth-order valence-electron chi connectivity index (χ4n) is 2.28. The minimum absolute atomic E-state index is 0.00857.